The zero-order valence-corrected chi connectivity index (χ0v) is 12.3. The van der Waals surface area contributed by atoms with E-state index in [4.69, 9.17) is 9.63 Å². The van der Waals surface area contributed by atoms with Crippen molar-refractivity contribution in [2.24, 2.45) is 0 Å². The first-order chi connectivity index (χ1) is 8.97. The predicted molar refractivity (Wildman–Crippen MR) is 72.8 cm³/mol. The molecule has 1 N–H and O–H groups in total. The highest BCUT2D eigenvalue weighted by Crippen LogP contribution is 2.15. The summed E-state index contributed by atoms with van der Waals surface area (Å²) < 4.78 is 5.09. The number of aliphatic hydroxyl groups is 1. The molecule has 0 aromatic carbocycles. The smallest absolute Gasteiger partial charge is 0.223 e. The van der Waals surface area contributed by atoms with Gasteiger partial charge < -0.3 is 14.5 Å². The van der Waals surface area contributed by atoms with Crippen LogP contribution < -0.4 is 0 Å². The number of aliphatic hydroxyl groups excluding tert-OH is 1. The van der Waals surface area contributed by atoms with Gasteiger partial charge in [0.1, 0.15) is 5.76 Å². The highest BCUT2D eigenvalue weighted by molar-refractivity contribution is 5.76. The molecule has 1 amide bonds. The lowest BCUT2D eigenvalue weighted by molar-refractivity contribution is -0.133. The van der Waals surface area contributed by atoms with Crippen LogP contribution in [-0.2, 0) is 11.2 Å². The van der Waals surface area contributed by atoms with E-state index >= 15 is 0 Å². The van der Waals surface area contributed by atoms with Crippen LogP contribution in [0.5, 0.6) is 0 Å². The Morgan fingerprint density at radius 2 is 2.11 bits per heavy atom. The summed E-state index contributed by atoms with van der Waals surface area (Å²) in [5, 5.41) is 12.8. The molecule has 0 atom stereocenters. The molecule has 0 aliphatic carbocycles. The molecule has 5 nitrogen and oxygen atoms in total. The van der Waals surface area contributed by atoms with Crippen molar-refractivity contribution in [3.63, 3.8) is 0 Å². The maximum absolute atomic E-state index is 12.2. The van der Waals surface area contributed by atoms with Gasteiger partial charge in [-0.1, -0.05) is 5.16 Å². The van der Waals surface area contributed by atoms with Crippen LogP contribution in [0.3, 0.4) is 0 Å². The van der Waals surface area contributed by atoms with Gasteiger partial charge in [0.15, 0.2) is 0 Å². The van der Waals surface area contributed by atoms with Crippen molar-refractivity contribution in [3.05, 3.63) is 17.0 Å². The molecule has 0 radical (unpaired) electrons. The van der Waals surface area contributed by atoms with Crippen LogP contribution in [0, 0.1) is 13.8 Å². The van der Waals surface area contributed by atoms with E-state index in [0.717, 1.165) is 17.0 Å². The highest BCUT2D eigenvalue weighted by atomic mass is 16.5. The van der Waals surface area contributed by atoms with Crippen molar-refractivity contribution in [3.8, 4) is 0 Å². The Hall–Kier alpha value is -1.36. The maximum atomic E-state index is 12.2. The van der Waals surface area contributed by atoms with Gasteiger partial charge in [-0.15, -0.1) is 0 Å². The molecule has 5 heteroatoms. The number of nitrogens with zero attached hydrogens (tertiary/aromatic N) is 2. The molecule has 0 bridgehead atoms. The van der Waals surface area contributed by atoms with Crippen molar-refractivity contribution < 1.29 is 14.4 Å². The zero-order valence-electron chi connectivity index (χ0n) is 12.3. The Morgan fingerprint density at radius 3 is 2.58 bits per heavy atom. The Morgan fingerprint density at radius 1 is 1.42 bits per heavy atom. The van der Waals surface area contributed by atoms with Gasteiger partial charge in [-0.05, 0) is 40.5 Å². The number of hydrogen-bond donors (Lipinski definition) is 1. The molecule has 0 spiro atoms. The van der Waals surface area contributed by atoms with Gasteiger partial charge >= 0.3 is 0 Å². The standard InChI is InChI=1S/C14H24N2O3/c1-10(2)16(8-5-9-17)14(18)7-6-13-11(3)15-19-12(13)4/h10,17H,5-9H2,1-4H3. The fourth-order valence-corrected chi connectivity index (χ4v) is 2.15. The van der Waals surface area contributed by atoms with Gasteiger partial charge in [-0.3, -0.25) is 4.79 Å². The van der Waals surface area contributed by atoms with Crippen LogP contribution in [0.15, 0.2) is 4.52 Å². The topological polar surface area (TPSA) is 66.6 Å². The number of aryl methyl sites for hydroxylation is 2. The Kier molecular flexibility index (Phi) is 6.02. The molecule has 108 valence electrons. The molecule has 1 aromatic rings. The summed E-state index contributed by atoms with van der Waals surface area (Å²) in [4.78, 5) is 14.0. The molecular formula is C14H24N2O3. The van der Waals surface area contributed by atoms with Crippen LogP contribution in [-0.4, -0.2) is 40.3 Å². The predicted octanol–water partition coefficient (Wildman–Crippen LogP) is 1.84. The molecule has 1 heterocycles. The van der Waals surface area contributed by atoms with Crippen LogP contribution in [0.1, 0.15) is 43.7 Å². The molecule has 1 rings (SSSR count). The van der Waals surface area contributed by atoms with Crippen molar-refractivity contribution >= 4 is 5.91 Å². The van der Waals surface area contributed by atoms with E-state index in [1.807, 2.05) is 32.6 Å². The first-order valence-corrected chi connectivity index (χ1v) is 6.79. The van der Waals surface area contributed by atoms with Gasteiger partial charge in [0.05, 0.1) is 5.69 Å². The number of rotatable bonds is 7. The summed E-state index contributed by atoms with van der Waals surface area (Å²) in [5.74, 6) is 0.903. The van der Waals surface area contributed by atoms with E-state index < -0.39 is 0 Å². The Balaban J connectivity index is 2.57. The molecular weight excluding hydrogens is 244 g/mol. The average molecular weight is 268 g/mol. The van der Waals surface area contributed by atoms with E-state index in [9.17, 15) is 4.79 Å². The van der Waals surface area contributed by atoms with Gasteiger partial charge in [-0.25, -0.2) is 0 Å². The molecule has 0 saturated carbocycles. The quantitative estimate of drug-likeness (QED) is 0.819. The molecule has 1 aromatic heterocycles. The van der Waals surface area contributed by atoms with Crippen molar-refractivity contribution in [1.82, 2.24) is 10.1 Å². The largest absolute Gasteiger partial charge is 0.396 e. The maximum Gasteiger partial charge on any atom is 0.223 e. The fourth-order valence-electron chi connectivity index (χ4n) is 2.15. The van der Waals surface area contributed by atoms with Gasteiger partial charge in [0.25, 0.3) is 0 Å². The Labute approximate surface area is 114 Å². The monoisotopic (exact) mass is 268 g/mol. The number of amides is 1. The minimum atomic E-state index is 0.111. The van der Waals surface area contributed by atoms with Crippen LogP contribution in [0.4, 0.5) is 0 Å². The summed E-state index contributed by atoms with van der Waals surface area (Å²) >= 11 is 0. The van der Waals surface area contributed by atoms with Gasteiger partial charge in [0.2, 0.25) is 5.91 Å². The Bertz CT molecular complexity index is 393. The van der Waals surface area contributed by atoms with Gasteiger partial charge in [-0.2, -0.15) is 0 Å². The van der Waals surface area contributed by atoms with E-state index in [0.29, 0.717) is 25.8 Å². The molecule has 0 unspecified atom stereocenters. The highest BCUT2D eigenvalue weighted by Gasteiger charge is 2.18. The third kappa shape index (κ3) is 4.35. The van der Waals surface area contributed by atoms with Crippen molar-refractivity contribution in [2.75, 3.05) is 13.2 Å². The lowest BCUT2D eigenvalue weighted by Crippen LogP contribution is -2.38. The SMILES string of the molecule is Cc1noc(C)c1CCC(=O)N(CCCO)C(C)C. The normalized spacial score (nSPS) is 11.1. The molecule has 0 aliphatic rings. The second kappa shape index (κ2) is 7.28. The van der Waals surface area contributed by atoms with Crippen molar-refractivity contribution in [1.29, 1.82) is 0 Å². The first kappa shape index (κ1) is 15.7. The third-order valence-corrected chi connectivity index (χ3v) is 3.27. The number of aromatic nitrogens is 1. The molecule has 19 heavy (non-hydrogen) atoms. The van der Waals surface area contributed by atoms with Crippen LogP contribution >= 0.6 is 0 Å². The fraction of sp³-hybridized carbons (Fsp3) is 0.714. The van der Waals surface area contributed by atoms with Crippen LogP contribution in [0.2, 0.25) is 0 Å². The summed E-state index contributed by atoms with van der Waals surface area (Å²) in [7, 11) is 0. The van der Waals surface area contributed by atoms with E-state index in [2.05, 4.69) is 5.16 Å². The van der Waals surface area contributed by atoms with Crippen molar-refractivity contribution in [2.45, 2.75) is 53.0 Å². The molecule has 0 aliphatic heterocycles. The lowest BCUT2D eigenvalue weighted by atomic mass is 10.1. The van der Waals surface area contributed by atoms with E-state index in [1.165, 1.54) is 0 Å². The minimum Gasteiger partial charge on any atom is -0.396 e. The lowest BCUT2D eigenvalue weighted by Gasteiger charge is -2.26. The summed E-state index contributed by atoms with van der Waals surface area (Å²) in [6, 6.07) is 0.156. The summed E-state index contributed by atoms with van der Waals surface area (Å²) in [6.45, 7) is 8.46. The number of carbonyl (C=O) groups excluding carboxylic acids is 1. The second-order valence-electron chi connectivity index (χ2n) is 5.06. The minimum absolute atomic E-state index is 0.111. The first-order valence-electron chi connectivity index (χ1n) is 6.79. The van der Waals surface area contributed by atoms with Gasteiger partial charge in [0, 0.05) is 31.2 Å². The second-order valence-corrected chi connectivity index (χ2v) is 5.06. The summed E-state index contributed by atoms with van der Waals surface area (Å²) in [6.07, 6.45) is 1.73. The van der Waals surface area contributed by atoms with E-state index in [-0.39, 0.29) is 18.6 Å². The van der Waals surface area contributed by atoms with Crippen LogP contribution in [0.25, 0.3) is 0 Å². The molecule has 0 saturated heterocycles. The number of carbonyl (C=O) groups is 1. The van der Waals surface area contributed by atoms with E-state index in [1.54, 1.807) is 0 Å². The number of hydrogen-bond acceptors (Lipinski definition) is 4. The average Bonchev–Trinajstić information content (AvgIpc) is 2.66. The summed E-state index contributed by atoms with van der Waals surface area (Å²) in [5.41, 5.74) is 1.89. The third-order valence-electron chi connectivity index (χ3n) is 3.27. The zero-order chi connectivity index (χ0) is 14.4. The molecule has 0 fully saturated rings.